The highest BCUT2D eigenvalue weighted by Gasteiger charge is 2.51. The van der Waals surface area contributed by atoms with Crippen LogP contribution in [0.4, 0.5) is 15.8 Å². The van der Waals surface area contributed by atoms with Crippen LogP contribution in [0, 0.1) is 17.7 Å². The van der Waals surface area contributed by atoms with Crippen molar-refractivity contribution in [2.24, 2.45) is 11.8 Å². The molecule has 1 saturated heterocycles. The van der Waals surface area contributed by atoms with Crippen LogP contribution in [0.5, 0.6) is 0 Å². The third kappa shape index (κ3) is 4.03. The van der Waals surface area contributed by atoms with Gasteiger partial charge >= 0.3 is 0 Å². The Morgan fingerprint density at radius 2 is 1.60 bits per heavy atom. The topological polar surface area (TPSA) is 86.8 Å². The number of amides is 4. The van der Waals surface area contributed by atoms with Crippen LogP contribution in [-0.4, -0.2) is 40.6 Å². The van der Waals surface area contributed by atoms with E-state index in [1.165, 1.54) is 29.2 Å². The molecule has 0 bridgehead atoms. The van der Waals surface area contributed by atoms with E-state index in [1.807, 2.05) is 24.3 Å². The first-order valence-corrected chi connectivity index (χ1v) is 11.9. The fourth-order valence-electron chi connectivity index (χ4n) is 5.35. The summed E-state index contributed by atoms with van der Waals surface area (Å²) in [6.45, 7) is 1.55. The fraction of sp³-hybridized carbons (Fsp3) is 0.333. The van der Waals surface area contributed by atoms with Crippen molar-refractivity contribution in [3.05, 3.63) is 72.1 Å². The maximum atomic E-state index is 13.9. The monoisotopic (exact) mass is 475 g/mol. The number of allylic oxidation sites excluding steroid dienone is 2. The lowest BCUT2D eigenvalue weighted by atomic mass is 9.85. The van der Waals surface area contributed by atoms with Crippen molar-refractivity contribution in [2.45, 2.75) is 44.7 Å². The number of rotatable bonds is 4. The highest BCUT2D eigenvalue weighted by atomic mass is 19.1. The van der Waals surface area contributed by atoms with Gasteiger partial charge in [0.1, 0.15) is 17.9 Å². The van der Waals surface area contributed by atoms with E-state index >= 15 is 0 Å². The van der Waals surface area contributed by atoms with Crippen LogP contribution in [0.2, 0.25) is 0 Å². The predicted octanol–water partition coefficient (Wildman–Crippen LogP) is 3.45. The number of fused-ring (bicyclic) bond motifs is 2. The number of carbonyl (C=O) groups is 4. The third-order valence-electron chi connectivity index (χ3n) is 7.19. The maximum Gasteiger partial charge on any atom is 0.250 e. The van der Waals surface area contributed by atoms with E-state index in [0.717, 1.165) is 10.5 Å². The van der Waals surface area contributed by atoms with Crippen LogP contribution in [-0.2, 0) is 25.6 Å². The lowest BCUT2D eigenvalue weighted by molar-refractivity contribution is -0.146. The first-order chi connectivity index (χ1) is 16.9. The summed E-state index contributed by atoms with van der Waals surface area (Å²) in [7, 11) is 0. The van der Waals surface area contributed by atoms with Gasteiger partial charge in [0, 0.05) is 11.4 Å². The summed E-state index contributed by atoms with van der Waals surface area (Å²) in [6, 6.07) is 10.8. The van der Waals surface area contributed by atoms with Gasteiger partial charge in [-0.15, -0.1) is 0 Å². The molecule has 4 atom stereocenters. The maximum absolute atomic E-state index is 13.9. The zero-order chi connectivity index (χ0) is 24.7. The second-order valence-electron chi connectivity index (χ2n) is 9.27. The number of nitrogens with zero attached hydrogens (tertiary/aromatic N) is 2. The minimum atomic E-state index is -1.05. The van der Waals surface area contributed by atoms with Crippen LogP contribution in [0.1, 0.15) is 31.7 Å². The Hall–Kier alpha value is -3.81. The van der Waals surface area contributed by atoms with E-state index in [0.29, 0.717) is 37.1 Å². The molecule has 1 N–H and O–H groups in total. The highest BCUT2D eigenvalue weighted by molar-refractivity contribution is 6.13. The second kappa shape index (κ2) is 9.09. The summed E-state index contributed by atoms with van der Waals surface area (Å²) >= 11 is 0. The number of nitrogens with one attached hydrogen (secondary N) is 1. The first-order valence-electron chi connectivity index (χ1n) is 11.9. The van der Waals surface area contributed by atoms with Gasteiger partial charge < -0.3 is 5.32 Å². The molecule has 0 spiro atoms. The third-order valence-corrected chi connectivity index (χ3v) is 7.19. The Bertz CT molecular complexity index is 1200. The standard InChI is InChI=1S/C27H26FN3O4/c1-16(30-26(34)20-7-3-4-8-21(20)27(30)35)25(33)31-22-9-5-2-6-17(22)10-15-23(31)24(32)29-19-13-11-18(28)12-14-19/h2-6,9,11-14,16,20-21,23H,7-8,10,15H2,1H3,(H,29,32). The van der Waals surface area contributed by atoms with E-state index in [1.54, 1.807) is 19.1 Å². The van der Waals surface area contributed by atoms with Crippen molar-refractivity contribution in [3.8, 4) is 0 Å². The molecule has 0 aromatic heterocycles. The largest absolute Gasteiger partial charge is 0.324 e. The zero-order valence-corrected chi connectivity index (χ0v) is 19.3. The van der Waals surface area contributed by atoms with E-state index in [2.05, 4.69) is 5.32 Å². The molecule has 2 aromatic rings. The van der Waals surface area contributed by atoms with E-state index < -0.39 is 41.6 Å². The highest BCUT2D eigenvalue weighted by Crippen LogP contribution is 2.38. The number of benzene rings is 2. The summed E-state index contributed by atoms with van der Waals surface area (Å²) < 4.78 is 13.3. The lowest BCUT2D eigenvalue weighted by Crippen LogP contribution is -2.57. The molecule has 0 radical (unpaired) electrons. The predicted molar refractivity (Wildman–Crippen MR) is 128 cm³/mol. The van der Waals surface area contributed by atoms with Gasteiger partial charge in [-0.2, -0.15) is 0 Å². The number of anilines is 2. The van der Waals surface area contributed by atoms with Gasteiger partial charge in [0.15, 0.2) is 0 Å². The number of carbonyl (C=O) groups excluding carboxylic acids is 4. The van der Waals surface area contributed by atoms with Gasteiger partial charge in [0.2, 0.25) is 17.7 Å². The molecule has 3 aliphatic rings. The van der Waals surface area contributed by atoms with Crippen molar-refractivity contribution in [3.63, 3.8) is 0 Å². The molecule has 5 rings (SSSR count). The number of halogens is 1. The minimum Gasteiger partial charge on any atom is -0.324 e. The van der Waals surface area contributed by atoms with Gasteiger partial charge in [0.25, 0.3) is 5.91 Å². The molecule has 4 amide bonds. The van der Waals surface area contributed by atoms with Crippen LogP contribution < -0.4 is 10.2 Å². The zero-order valence-electron chi connectivity index (χ0n) is 19.3. The van der Waals surface area contributed by atoms with Crippen LogP contribution in [0.15, 0.2) is 60.7 Å². The van der Waals surface area contributed by atoms with Crippen molar-refractivity contribution in [1.29, 1.82) is 0 Å². The number of aryl methyl sites for hydroxylation is 1. The van der Waals surface area contributed by atoms with Gasteiger partial charge in [-0.25, -0.2) is 4.39 Å². The van der Waals surface area contributed by atoms with Crippen LogP contribution in [0.25, 0.3) is 0 Å². The summed E-state index contributed by atoms with van der Waals surface area (Å²) in [6.07, 6.45) is 5.74. The van der Waals surface area contributed by atoms with E-state index in [9.17, 15) is 23.6 Å². The minimum absolute atomic E-state index is 0.331. The summed E-state index contributed by atoms with van der Waals surface area (Å²) in [4.78, 5) is 55.9. The van der Waals surface area contributed by atoms with Gasteiger partial charge in [0.05, 0.1) is 11.8 Å². The van der Waals surface area contributed by atoms with E-state index in [4.69, 9.17) is 0 Å². The molecule has 180 valence electrons. The fourth-order valence-corrected chi connectivity index (χ4v) is 5.35. The summed E-state index contributed by atoms with van der Waals surface area (Å²) in [5.74, 6) is -2.85. The van der Waals surface area contributed by atoms with Crippen molar-refractivity contribution >= 4 is 35.0 Å². The van der Waals surface area contributed by atoms with Gasteiger partial charge in [-0.05, 0) is 68.5 Å². The number of hydrogen-bond acceptors (Lipinski definition) is 4. The molecule has 2 aromatic carbocycles. The van der Waals surface area contributed by atoms with Gasteiger partial charge in [-0.3, -0.25) is 29.0 Å². The molecule has 35 heavy (non-hydrogen) atoms. The molecule has 8 heteroatoms. The number of likely N-dealkylation sites (tertiary alicyclic amines) is 1. The Balaban J connectivity index is 1.44. The number of para-hydroxylation sites is 1. The number of hydrogen-bond donors (Lipinski definition) is 1. The number of imide groups is 1. The Labute approximate surface area is 202 Å². The second-order valence-corrected chi connectivity index (χ2v) is 9.27. The average molecular weight is 476 g/mol. The smallest absolute Gasteiger partial charge is 0.250 e. The molecule has 2 aliphatic heterocycles. The normalized spacial score (nSPS) is 24.1. The molecule has 7 nitrogen and oxygen atoms in total. The lowest BCUT2D eigenvalue weighted by Gasteiger charge is -2.39. The van der Waals surface area contributed by atoms with Crippen molar-refractivity contribution in [2.75, 3.05) is 10.2 Å². The summed E-state index contributed by atoms with van der Waals surface area (Å²) in [5, 5.41) is 2.77. The van der Waals surface area contributed by atoms with E-state index in [-0.39, 0.29) is 11.8 Å². The molecule has 1 aliphatic carbocycles. The Morgan fingerprint density at radius 3 is 2.26 bits per heavy atom. The molecule has 2 heterocycles. The summed E-state index contributed by atoms with van der Waals surface area (Å²) in [5.41, 5.74) is 1.92. The van der Waals surface area contributed by atoms with Crippen molar-refractivity contribution in [1.82, 2.24) is 4.90 Å². The molecule has 0 saturated carbocycles. The Morgan fingerprint density at radius 1 is 0.971 bits per heavy atom. The van der Waals surface area contributed by atoms with Gasteiger partial charge in [-0.1, -0.05) is 30.4 Å². The molecule has 1 fully saturated rings. The first kappa shape index (κ1) is 23.0. The SMILES string of the molecule is CC(C(=O)N1c2ccccc2CCC1C(=O)Nc1ccc(F)cc1)N1C(=O)C2CC=CCC2C1=O. The average Bonchev–Trinajstić information content (AvgIpc) is 3.13. The van der Waals surface area contributed by atoms with Crippen molar-refractivity contribution < 1.29 is 23.6 Å². The Kier molecular flexibility index (Phi) is 5.96. The van der Waals surface area contributed by atoms with Crippen LogP contribution in [0.3, 0.4) is 0 Å². The molecular formula is C27H26FN3O4. The molecule has 4 unspecified atom stereocenters. The molecular weight excluding hydrogens is 449 g/mol. The van der Waals surface area contributed by atoms with Crippen LogP contribution >= 0.6 is 0 Å². The quantitative estimate of drug-likeness (QED) is 0.542.